The van der Waals surface area contributed by atoms with Crippen molar-refractivity contribution < 1.29 is 4.79 Å². The van der Waals surface area contributed by atoms with Crippen LogP contribution in [0.15, 0.2) is 12.3 Å². The van der Waals surface area contributed by atoms with Gasteiger partial charge in [-0.05, 0) is 26.8 Å². The molecule has 1 aromatic heterocycles. The molecule has 0 saturated heterocycles. The van der Waals surface area contributed by atoms with E-state index < -0.39 is 0 Å². The van der Waals surface area contributed by atoms with E-state index >= 15 is 0 Å². The van der Waals surface area contributed by atoms with Crippen LogP contribution in [0.3, 0.4) is 0 Å². The number of nitrogens with zero attached hydrogens (tertiary/aromatic N) is 4. The number of carbonyl (C=O) groups excluding carboxylic acids is 1. The third-order valence-electron chi connectivity index (χ3n) is 2.41. The van der Waals surface area contributed by atoms with Crippen LogP contribution in [0.1, 0.15) is 29.9 Å². The highest BCUT2D eigenvalue weighted by molar-refractivity contribution is 5.93. The Hall–Kier alpha value is -1.96. The number of hydrogen-bond acceptors (Lipinski definition) is 4. The number of carbonyl (C=O) groups is 1. The van der Waals surface area contributed by atoms with E-state index in [1.165, 1.54) is 6.20 Å². The van der Waals surface area contributed by atoms with Gasteiger partial charge in [-0.2, -0.15) is 15.5 Å². The summed E-state index contributed by atoms with van der Waals surface area (Å²) in [5.41, 5.74) is 1.23. The van der Waals surface area contributed by atoms with Crippen LogP contribution in [-0.2, 0) is 0 Å². The van der Waals surface area contributed by atoms with Crippen LogP contribution in [-0.4, -0.2) is 34.1 Å². The van der Waals surface area contributed by atoms with Gasteiger partial charge in [-0.1, -0.05) is 0 Å². The molecule has 17 heavy (non-hydrogen) atoms. The molecule has 0 N–H and O–H groups in total. The topological polar surface area (TPSA) is 69.9 Å². The number of rotatable bonds is 4. The fraction of sp³-hybridized carbons (Fsp3) is 0.500. The van der Waals surface area contributed by atoms with Gasteiger partial charge in [0.25, 0.3) is 5.91 Å². The van der Waals surface area contributed by atoms with E-state index in [2.05, 4.69) is 16.3 Å². The standard InChI is InChI=1S/C12H16N4O/c1-4-16(8-9(2)6-13)12(17)11-5-10(3)15-14-7-11/h5,7,9H,4,8H2,1-3H3/t9-/m0/s1. The van der Waals surface area contributed by atoms with E-state index in [4.69, 9.17) is 5.26 Å². The third-order valence-corrected chi connectivity index (χ3v) is 2.41. The van der Waals surface area contributed by atoms with Crippen LogP contribution >= 0.6 is 0 Å². The Morgan fingerprint density at radius 2 is 2.35 bits per heavy atom. The quantitative estimate of drug-likeness (QED) is 0.787. The normalized spacial score (nSPS) is 11.6. The summed E-state index contributed by atoms with van der Waals surface area (Å²) in [6.45, 7) is 6.49. The maximum absolute atomic E-state index is 12.1. The summed E-state index contributed by atoms with van der Waals surface area (Å²) in [4.78, 5) is 13.8. The van der Waals surface area contributed by atoms with Crippen LogP contribution in [0, 0.1) is 24.2 Å². The van der Waals surface area contributed by atoms with Crippen LogP contribution in [0.4, 0.5) is 0 Å². The number of amides is 1. The minimum atomic E-state index is -0.171. The zero-order chi connectivity index (χ0) is 12.8. The van der Waals surface area contributed by atoms with Gasteiger partial charge in [-0.3, -0.25) is 4.79 Å². The van der Waals surface area contributed by atoms with Crippen molar-refractivity contribution in [2.24, 2.45) is 5.92 Å². The third kappa shape index (κ3) is 3.52. The maximum atomic E-state index is 12.1. The summed E-state index contributed by atoms with van der Waals surface area (Å²) in [5.74, 6) is -0.276. The second kappa shape index (κ2) is 5.94. The van der Waals surface area contributed by atoms with E-state index in [9.17, 15) is 4.79 Å². The van der Waals surface area contributed by atoms with Crippen molar-refractivity contribution in [2.75, 3.05) is 13.1 Å². The molecule has 0 radical (unpaired) electrons. The summed E-state index contributed by atoms with van der Waals surface area (Å²) in [5, 5.41) is 16.3. The monoisotopic (exact) mass is 232 g/mol. The van der Waals surface area contributed by atoms with Gasteiger partial charge in [0.2, 0.25) is 0 Å². The number of hydrogen-bond donors (Lipinski definition) is 0. The summed E-state index contributed by atoms with van der Waals surface area (Å²) in [7, 11) is 0. The molecule has 0 saturated carbocycles. The summed E-state index contributed by atoms with van der Waals surface area (Å²) >= 11 is 0. The summed E-state index contributed by atoms with van der Waals surface area (Å²) in [6, 6.07) is 3.83. The van der Waals surface area contributed by atoms with E-state index in [1.54, 1.807) is 24.8 Å². The summed E-state index contributed by atoms with van der Waals surface area (Å²) < 4.78 is 0. The van der Waals surface area contributed by atoms with E-state index in [-0.39, 0.29) is 11.8 Å². The van der Waals surface area contributed by atoms with Gasteiger partial charge in [0, 0.05) is 13.1 Å². The Morgan fingerprint density at radius 3 is 2.88 bits per heavy atom. The van der Waals surface area contributed by atoms with Crippen molar-refractivity contribution in [2.45, 2.75) is 20.8 Å². The van der Waals surface area contributed by atoms with Crippen molar-refractivity contribution in [3.05, 3.63) is 23.5 Å². The lowest BCUT2D eigenvalue weighted by Gasteiger charge is -2.21. The van der Waals surface area contributed by atoms with Gasteiger partial charge in [0.15, 0.2) is 0 Å². The van der Waals surface area contributed by atoms with E-state index in [1.807, 2.05) is 6.92 Å². The molecular formula is C12H16N4O. The van der Waals surface area contributed by atoms with Gasteiger partial charge in [-0.25, -0.2) is 0 Å². The van der Waals surface area contributed by atoms with Crippen LogP contribution in [0.25, 0.3) is 0 Å². The molecule has 1 amide bonds. The van der Waals surface area contributed by atoms with Gasteiger partial charge in [0.05, 0.1) is 29.4 Å². The zero-order valence-electron chi connectivity index (χ0n) is 10.3. The lowest BCUT2D eigenvalue weighted by molar-refractivity contribution is 0.0752. The van der Waals surface area contributed by atoms with Crippen LogP contribution in [0.2, 0.25) is 0 Å². The summed E-state index contributed by atoms with van der Waals surface area (Å²) in [6.07, 6.45) is 1.45. The highest BCUT2D eigenvalue weighted by Crippen LogP contribution is 2.07. The molecule has 0 aliphatic heterocycles. The van der Waals surface area contributed by atoms with Crippen molar-refractivity contribution in [3.8, 4) is 6.07 Å². The first-order valence-corrected chi connectivity index (χ1v) is 5.56. The largest absolute Gasteiger partial charge is 0.338 e. The molecule has 90 valence electrons. The Kier molecular flexibility index (Phi) is 4.58. The molecule has 1 atom stereocenters. The van der Waals surface area contributed by atoms with Crippen molar-refractivity contribution in [1.29, 1.82) is 5.26 Å². The minimum Gasteiger partial charge on any atom is -0.338 e. The van der Waals surface area contributed by atoms with E-state index in [0.29, 0.717) is 24.3 Å². The zero-order valence-corrected chi connectivity index (χ0v) is 10.3. The highest BCUT2D eigenvalue weighted by Gasteiger charge is 2.17. The molecule has 0 unspecified atom stereocenters. The van der Waals surface area contributed by atoms with Crippen molar-refractivity contribution in [3.63, 3.8) is 0 Å². The fourth-order valence-electron chi connectivity index (χ4n) is 1.50. The first-order valence-electron chi connectivity index (χ1n) is 5.56. The number of aryl methyl sites for hydroxylation is 1. The molecule has 1 rings (SSSR count). The predicted molar refractivity (Wildman–Crippen MR) is 63.1 cm³/mol. The molecule has 5 heteroatoms. The lowest BCUT2D eigenvalue weighted by Crippen LogP contribution is -2.34. The predicted octanol–water partition coefficient (Wildman–Crippen LogP) is 1.41. The van der Waals surface area contributed by atoms with Crippen molar-refractivity contribution >= 4 is 5.91 Å². The number of nitriles is 1. The molecule has 0 fully saturated rings. The van der Waals surface area contributed by atoms with Crippen LogP contribution < -0.4 is 0 Å². The van der Waals surface area contributed by atoms with Crippen molar-refractivity contribution in [1.82, 2.24) is 15.1 Å². The molecule has 0 aliphatic carbocycles. The lowest BCUT2D eigenvalue weighted by atomic mass is 10.1. The van der Waals surface area contributed by atoms with Gasteiger partial charge in [-0.15, -0.1) is 0 Å². The average Bonchev–Trinajstić information content (AvgIpc) is 2.34. The first kappa shape index (κ1) is 13.1. The Morgan fingerprint density at radius 1 is 1.65 bits per heavy atom. The highest BCUT2D eigenvalue weighted by atomic mass is 16.2. The van der Waals surface area contributed by atoms with Crippen LogP contribution in [0.5, 0.6) is 0 Å². The Balaban J connectivity index is 2.83. The number of aromatic nitrogens is 2. The van der Waals surface area contributed by atoms with Gasteiger partial charge < -0.3 is 4.90 Å². The fourth-order valence-corrected chi connectivity index (χ4v) is 1.50. The maximum Gasteiger partial charge on any atom is 0.255 e. The molecular weight excluding hydrogens is 216 g/mol. The molecule has 1 heterocycles. The van der Waals surface area contributed by atoms with Gasteiger partial charge in [0.1, 0.15) is 0 Å². The van der Waals surface area contributed by atoms with E-state index in [0.717, 1.165) is 0 Å². The van der Waals surface area contributed by atoms with Gasteiger partial charge >= 0.3 is 0 Å². The molecule has 5 nitrogen and oxygen atoms in total. The molecule has 0 spiro atoms. The SMILES string of the molecule is CCN(C[C@@H](C)C#N)C(=O)c1cnnc(C)c1. The molecule has 0 aliphatic rings. The first-order chi connectivity index (χ1) is 8.08. The second-order valence-electron chi connectivity index (χ2n) is 3.96. The Bertz CT molecular complexity index is 438. The second-order valence-corrected chi connectivity index (χ2v) is 3.96. The molecule has 0 bridgehead atoms. The molecule has 1 aromatic rings. The smallest absolute Gasteiger partial charge is 0.255 e. The minimum absolute atomic E-state index is 0.104. The molecule has 0 aromatic carbocycles. The average molecular weight is 232 g/mol. The Labute approximate surface area is 101 Å².